The molecule has 2 atom stereocenters. The van der Waals surface area contributed by atoms with Gasteiger partial charge in [0.05, 0.1) is 5.56 Å². The van der Waals surface area contributed by atoms with Gasteiger partial charge < -0.3 is 10.6 Å². The Morgan fingerprint density at radius 1 is 1.08 bits per heavy atom. The molecule has 0 aliphatic carbocycles. The van der Waals surface area contributed by atoms with Crippen molar-refractivity contribution >= 4 is 24.1 Å². The molecule has 1 saturated heterocycles. The molecule has 0 spiro atoms. The molecule has 4 nitrogen and oxygen atoms in total. The zero-order chi connectivity index (χ0) is 17.8. The van der Waals surface area contributed by atoms with Crippen molar-refractivity contribution < 1.29 is 14.0 Å². The summed E-state index contributed by atoms with van der Waals surface area (Å²) < 4.78 is 13.1. The van der Waals surface area contributed by atoms with Crippen molar-refractivity contribution in [3.05, 3.63) is 71.0 Å². The first-order valence-electron chi connectivity index (χ1n) is 8.47. The van der Waals surface area contributed by atoms with E-state index in [2.05, 4.69) is 17.6 Å². The number of benzene rings is 2. The first kappa shape index (κ1) is 20.1. The number of carbonyl (C=O) groups excluding carboxylic acids is 2. The molecule has 138 valence electrons. The lowest BCUT2D eigenvalue weighted by molar-refractivity contribution is 0.0907. The lowest BCUT2D eigenvalue weighted by atomic mass is 9.93. The second-order valence-electron chi connectivity index (χ2n) is 6.43. The lowest BCUT2D eigenvalue weighted by Gasteiger charge is -2.30. The van der Waals surface area contributed by atoms with Crippen molar-refractivity contribution in [2.45, 2.75) is 19.4 Å². The molecule has 1 fully saturated rings. The molecule has 0 bridgehead atoms. The summed E-state index contributed by atoms with van der Waals surface area (Å²) in [6, 6.07) is 12.1. The van der Waals surface area contributed by atoms with Crippen LogP contribution in [-0.4, -0.2) is 30.8 Å². The summed E-state index contributed by atoms with van der Waals surface area (Å²) in [5.41, 5.74) is 1.02. The van der Waals surface area contributed by atoms with E-state index in [0.29, 0.717) is 22.6 Å². The van der Waals surface area contributed by atoms with Gasteiger partial charge in [-0.3, -0.25) is 9.59 Å². The van der Waals surface area contributed by atoms with Gasteiger partial charge in [-0.05, 0) is 49.2 Å². The number of nitrogens with one attached hydrogen (secondary N) is 2. The van der Waals surface area contributed by atoms with Gasteiger partial charge in [-0.2, -0.15) is 0 Å². The van der Waals surface area contributed by atoms with Crippen molar-refractivity contribution in [3.63, 3.8) is 0 Å². The third-order valence-corrected chi connectivity index (χ3v) is 4.67. The van der Waals surface area contributed by atoms with E-state index >= 15 is 0 Å². The molecule has 1 aliphatic heterocycles. The minimum atomic E-state index is -0.402. The fraction of sp³-hybridized carbons (Fsp3) is 0.300. The lowest BCUT2D eigenvalue weighted by Crippen LogP contribution is -2.50. The SMILES string of the molecule is CC1CCNCC1NC(=O)c1ccccc1C(=O)c1ccc(F)cc1.Cl. The third kappa shape index (κ3) is 4.48. The van der Waals surface area contributed by atoms with Gasteiger partial charge in [0.25, 0.3) is 5.91 Å². The van der Waals surface area contributed by atoms with Crippen LogP contribution in [0.4, 0.5) is 4.39 Å². The van der Waals surface area contributed by atoms with Gasteiger partial charge in [-0.1, -0.05) is 25.1 Å². The second kappa shape index (κ2) is 8.92. The van der Waals surface area contributed by atoms with Gasteiger partial charge in [0.15, 0.2) is 5.78 Å². The Bertz CT molecular complexity index is 780. The number of ketones is 1. The maximum Gasteiger partial charge on any atom is 0.252 e. The molecule has 0 aromatic heterocycles. The van der Waals surface area contributed by atoms with Crippen LogP contribution in [0.25, 0.3) is 0 Å². The summed E-state index contributed by atoms with van der Waals surface area (Å²) >= 11 is 0. The second-order valence-corrected chi connectivity index (χ2v) is 6.43. The maximum atomic E-state index is 13.1. The van der Waals surface area contributed by atoms with Crippen molar-refractivity contribution in [1.29, 1.82) is 0 Å². The number of hydrogen-bond acceptors (Lipinski definition) is 3. The standard InChI is InChI=1S/C20H21FN2O2.ClH/c1-13-10-11-22-12-18(13)23-20(25)17-5-3-2-4-16(17)19(24)14-6-8-15(21)9-7-14;/h2-9,13,18,22H,10-12H2,1H3,(H,23,25);1H. The highest BCUT2D eigenvalue weighted by Crippen LogP contribution is 2.17. The van der Waals surface area contributed by atoms with Crippen LogP contribution in [0.5, 0.6) is 0 Å². The molecule has 2 N–H and O–H groups in total. The number of amides is 1. The summed E-state index contributed by atoms with van der Waals surface area (Å²) in [6.45, 7) is 3.79. The maximum absolute atomic E-state index is 13.1. The van der Waals surface area contributed by atoms with Crippen LogP contribution in [0.2, 0.25) is 0 Å². The smallest absolute Gasteiger partial charge is 0.252 e. The average molecular weight is 377 g/mol. The Morgan fingerprint density at radius 3 is 2.38 bits per heavy atom. The number of halogens is 2. The van der Waals surface area contributed by atoms with E-state index in [1.54, 1.807) is 24.3 Å². The van der Waals surface area contributed by atoms with Gasteiger partial charge >= 0.3 is 0 Å². The zero-order valence-corrected chi connectivity index (χ0v) is 15.3. The molecule has 3 rings (SSSR count). The molecule has 1 amide bonds. The van der Waals surface area contributed by atoms with E-state index in [-0.39, 0.29) is 30.1 Å². The van der Waals surface area contributed by atoms with Crippen LogP contribution in [0.15, 0.2) is 48.5 Å². The molecule has 26 heavy (non-hydrogen) atoms. The Morgan fingerprint density at radius 2 is 1.73 bits per heavy atom. The Hall–Kier alpha value is -2.24. The first-order chi connectivity index (χ1) is 12.1. The number of piperidine rings is 1. The van der Waals surface area contributed by atoms with E-state index < -0.39 is 5.82 Å². The molecule has 2 aromatic rings. The highest BCUT2D eigenvalue weighted by molar-refractivity contribution is 6.15. The van der Waals surface area contributed by atoms with Crippen molar-refractivity contribution in [3.8, 4) is 0 Å². The summed E-state index contributed by atoms with van der Waals surface area (Å²) in [7, 11) is 0. The van der Waals surface area contributed by atoms with Gasteiger partial charge in [0, 0.05) is 23.7 Å². The van der Waals surface area contributed by atoms with Gasteiger partial charge in [0.2, 0.25) is 0 Å². The number of carbonyl (C=O) groups is 2. The van der Waals surface area contributed by atoms with Crippen molar-refractivity contribution in [2.24, 2.45) is 5.92 Å². The number of rotatable bonds is 4. The monoisotopic (exact) mass is 376 g/mol. The van der Waals surface area contributed by atoms with Crippen LogP contribution in [0, 0.1) is 11.7 Å². The fourth-order valence-corrected chi connectivity index (χ4v) is 3.06. The van der Waals surface area contributed by atoms with Crippen molar-refractivity contribution in [1.82, 2.24) is 10.6 Å². The Kier molecular flexibility index (Phi) is 6.89. The van der Waals surface area contributed by atoms with E-state index in [9.17, 15) is 14.0 Å². The molecule has 2 unspecified atom stereocenters. The van der Waals surface area contributed by atoms with Gasteiger partial charge in [-0.25, -0.2) is 4.39 Å². The minimum Gasteiger partial charge on any atom is -0.348 e. The van der Waals surface area contributed by atoms with Gasteiger partial charge in [0.1, 0.15) is 5.82 Å². The summed E-state index contributed by atoms with van der Waals surface area (Å²) in [4.78, 5) is 25.4. The van der Waals surface area contributed by atoms with Crippen LogP contribution >= 0.6 is 12.4 Å². The van der Waals surface area contributed by atoms with Crippen LogP contribution in [-0.2, 0) is 0 Å². The first-order valence-corrected chi connectivity index (χ1v) is 8.47. The van der Waals surface area contributed by atoms with E-state index in [1.165, 1.54) is 24.3 Å². The predicted molar refractivity (Wildman–Crippen MR) is 101 cm³/mol. The van der Waals surface area contributed by atoms with E-state index in [4.69, 9.17) is 0 Å². The minimum absolute atomic E-state index is 0. The molecular weight excluding hydrogens is 355 g/mol. The fourth-order valence-electron chi connectivity index (χ4n) is 3.06. The van der Waals surface area contributed by atoms with E-state index in [0.717, 1.165) is 19.5 Å². The highest BCUT2D eigenvalue weighted by atomic mass is 35.5. The Balaban J connectivity index is 0.00000243. The molecule has 0 radical (unpaired) electrons. The molecule has 1 heterocycles. The molecular formula is C20H22ClFN2O2. The topological polar surface area (TPSA) is 58.2 Å². The average Bonchev–Trinajstić information content (AvgIpc) is 2.63. The third-order valence-electron chi connectivity index (χ3n) is 4.67. The largest absolute Gasteiger partial charge is 0.348 e. The van der Waals surface area contributed by atoms with Crippen LogP contribution in [0.3, 0.4) is 0 Å². The quantitative estimate of drug-likeness (QED) is 0.805. The Labute approximate surface area is 158 Å². The highest BCUT2D eigenvalue weighted by Gasteiger charge is 2.25. The summed E-state index contributed by atoms with van der Waals surface area (Å²) in [5, 5.41) is 6.30. The number of hydrogen-bond donors (Lipinski definition) is 2. The normalized spacial score (nSPS) is 19.3. The van der Waals surface area contributed by atoms with Crippen molar-refractivity contribution in [2.75, 3.05) is 13.1 Å². The summed E-state index contributed by atoms with van der Waals surface area (Å²) in [6.07, 6.45) is 1.00. The van der Waals surface area contributed by atoms with E-state index in [1.807, 2.05) is 0 Å². The van der Waals surface area contributed by atoms with Crippen LogP contribution < -0.4 is 10.6 Å². The molecule has 0 saturated carbocycles. The molecule has 2 aromatic carbocycles. The van der Waals surface area contributed by atoms with Gasteiger partial charge in [-0.15, -0.1) is 12.4 Å². The summed E-state index contributed by atoms with van der Waals surface area (Å²) in [5.74, 6) is -0.571. The zero-order valence-electron chi connectivity index (χ0n) is 14.5. The predicted octanol–water partition coefficient (Wildman–Crippen LogP) is 3.21. The molecule has 6 heteroatoms. The van der Waals surface area contributed by atoms with Crippen LogP contribution in [0.1, 0.15) is 39.6 Å². The molecule has 1 aliphatic rings.